The molecule has 0 atom stereocenters. The lowest BCUT2D eigenvalue weighted by atomic mass is 10.0. The molecule has 5 nitrogen and oxygen atoms in total. The highest BCUT2D eigenvalue weighted by atomic mass is 19.1. The van der Waals surface area contributed by atoms with Crippen LogP contribution in [0, 0.1) is 17.5 Å². The molecular formula is C24H17F3N2O3. The molecule has 0 aliphatic carbocycles. The van der Waals surface area contributed by atoms with Crippen LogP contribution in [0.5, 0.6) is 5.75 Å². The quantitative estimate of drug-likeness (QED) is 0.557. The van der Waals surface area contributed by atoms with Gasteiger partial charge in [-0.2, -0.15) is 0 Å². The van der Waals surface area contributed by atoms with Crippen molar-refractivity contribution in [1.29, 1.82) is 0 Å². The van der Waals surface area contributed by atoms with Crippen molar-refractivity contribution in [2.75, 3.05) is 16.8 Å². The summed E-state index contributed by atoms with van der Waals surface area (Å²) in [6.45, 7) is 2.26. The monoisotopic (exact) mass is 438 g/mol. The lowest BCUT2D eigenvalue weighted by Gasteiger charge is -2.16. The van der Waals surface area contributed by atoms with Crippen LogP contribution in [0.2, 0.25) is 0 Å². The first-order chi connectivity index (χ1) is 15.4. The number of nitrogens with one attached hydrogen (secondary N) is 1. The third kappa shape index (κ3) is 3.94. The Morgan fingerprint density at radius 3 is 2.28 bits per heavy atom. The van der Waals surface area contributed by atoms with E-state index >= 15 is 0 Å². The second-order valence-electron chi connectivity index (χ2n) is 6.88. The molecule has 1 heterocycles. The molecule has 1 aliphatic rings. The van der Waals surface area contributed by atoms with Gasteiger partial charge in [0.1, 0.15) is 28.9 Å². The second-order valence-corrected chi connectivity index (χ2v) is 6.88. The van der Waals surface area contributed by atoms with Gasteiger partial charge < -0.3 is 10.1 Å². The molecule has 0 saturated carbocycles. The zero-order chi connectivity index (χ0) is 22.8. The van der Waals surface area contributed by atoms with Gasteiger partial charge in [0.25, 0.3) is 11.8 Å². The fourth-order valence-corrected chi connectivity index (χ4v) is 3.39. The Bertz CT molecular complexity index is 1240. The number of anilines is 2. The van der Waals surface area contributed by atoms with Gasteiger partial charge in [-0.1, -0.05) is 18.2 Å². The fourth-order valence-electron chi connectivity index (χ4n) is 3.39. The summed E-state index contributed by atoms with van der Waals surface area (Å²) < 4.78 is 46.7. The van der Waals surface area contributed by atoms with E-state index in [0.717, 1.165) is 24.3 Å². The van der Waals surface area contributed by atoms with Gasteiger partial charge in [-0.3, -0.25) is 9.59 Å². The van der Waals surface area contributed by atoms with Crippen molar-refractivity contribution in [3.05, 3.63) is 95.4 Å². The van der Waals surface area contributed by atoms with Gasteiger partial charge in [0.15, 0.2) is 0 Å². The van der Waals surface area contributed by atoms with Crippen molar-refractivity contribution in [2.24, 2.45) is 0 Å². The Morgan fingerprint density at radius 2 is 1.59 bits per heavy atom. The molecule has 0 radical (unpaired) electrons. The summed E-state index contributed by atoms with van der Waals surface area (Å²) in [6.07, 6.45) is 0. The topological polar surface area (TPSA) is 58.6 Å². The van der Waals surface area contributed by atoms with Crippen LogP contribution in [0.3, 0.4) is 0 Å². The van der Waals surface area contributed by atoms with E-state index in [1.165, 1.54) is 12.1 Å². The molecule has 1 N–H and O–H groups in total. The van der Waals surface area contributed by atoms with Gasteiger partial charge in [-0.25, -0.2) is 18.1 Å². The smallest absolute Gasteiger partial charge is 0.282 e. The van der Waals surface area contributed by atoms with Gasteiger partial charge in [0.2, 0.25) is 0 Å². The Kier molecular flexibility index (Phi) is 5.68. The van der Waals surface area contributed by atoms with E-state index in [2.05, 4.69) is 5.32 Å². The molecule has 32 heavy (non-hydrogen) atoms. The van der Waals surface area contributed by atoms with E-state index in [1.54, 1.807) is 24.3 Å². The molecule has 0 saturated heterocycles. The summed E-state index contributed by atoms with van der Waals surface area (Å²) >= 11 is 0. The predicted molar refractivity (Wildman–Crippen MR) is 113 cm³/mol. The molecule has 3 aromatic rings. The van der Waals surface area contributed by atoms with Crippen LogP contribution in [0.1, 0.15) is 12.5 Å². The van der Waals surface area contributed by atoms with E-state index in [9.17, 15) is 22.8 Å². The molecular weight excluding hydrogens is 421 g/mol. The number of ether oxygens (including phenoxy) is 1. The maximum absolute atomic E-state index is 14.4. The molecule has 162 valence electrons. The summed E-state index contributed by atoms with van der Waals surface area (Å²) in [6, 6.07) is 14.3. The number of amides is 2. The molecule has 0 unspecified atom stereocenters. The number of carbonyl (C=O) groups is 2. The van der Waals surface area contributed by atoms with Gasteiger partial charge in [0.05, 0.1) is 17.9 Å². The van der Waals surface area contributed by atoms with E-state index in [-0.39, 0.29) is 22.5 Å². The third-order valence-corrected chi connectivity index (χ3v) is 4.78. The van der Waals surface area contributed by atoms with Gasteiger partial charge >= 0.3 is 0 Å². The van der Waals surface area contributed by atoms with E-state index in [0.29, 0.717) is 29.0 Å². The molecule has 0 aromatic heterocycles. The highest BCUT2D eigenvalue weighted by Gasteiger charge is 2.41. The molecule has 4 rings (SSSR count). The zero-order valence-electron chi connectivity index (χ0n) is 16.9. The van der Waals surface area contributed by atoms with Crippen molar-refractivity contribution >= 4 is 28.8 Å². The maximum atomic E-state index is 14.4. The van der Waals surface area contributed by atoms with Crippen LogP contribution < -0.4 is 15.0 Å². The number of hydrogen-bond acceptors (Lipinski definition) is 4. The molecule has 0 spiro atoms. The van der Waals surface area contributed by atoms with Crippen LogP contribution in [0.25, 0.3) is 5.57 Å². The number of halogens is 3. The Hall–Kier alpha value is -4.07. The zero-order valence-corrected chi connectivity index (χ0v) is 16.9. The van der Waals surface area contributed by atoms with Crippen molar-refractivity contribution in [1.82, 2.24) is 0 Å². The highest BCUT2D eigenvalue weighted by Crippen LogP contribution is 2.35. The van der Waals surface area contributed by atoms with Crippen LogP contribution in [-0.4, -0.2) is 18.4 Å². The SMILES string of the molecule is CCOc1cccc(NC2=C(c3ccc(F)cc3)C(=O)N(c3ccc(F)cc3F)C2=O)c1. The maximum Gasteiger partial charge on any atom is 0.282 e. The van der Waals surface area contributed by atoms with E-state index < -0.39 is 29.3 Å². The summed E-state index contributed by atoms with van der Waals surface area (Å²) in [5, 5.41) is 2.91. The van der Waals surface area contributed by atoms with E-state index in [4.69, 9.17) is 4.74 Å². The van der Waals surface area contributed by atoms with Crippen LogP contribution >= 0.6 is 0 Å². The summed E-state index contributed by atoms with van der Waals surface area (Å²) in [5.74, 6) is -3.55. The van der Waals surface area contributed by atoms with Crippen molar-refractivity contribution in [3.63, 3.8) is 0 Å². The number of rotatable bonds is 6. The summed E-state index contributed by atoms with van der Waals surface area (Å²) in [7, 11) is 0. The lowest BCUT2D eigenvalue weighted by molar-refractivity contribution is -0.120. The fraction of sp³-hybridized carbons (Fsp3) is 0.0833. The second kappa shape index (κ2) is 8.58. The van der Waals surface area contributed by atoms with Crippen molar-refractivity contribution < 1.29 is 27.5 Å². The van der Waals surface area contributed by atoms with Gasteiger partial charge in [-0.15, -0.1) is 0 Å². The minimum absolute atomic E-state index is 0.0689. The largest absolute Gasteiger partial charge is 0.494 e. The average Bonchev–Trinajstić information content (AvgIpc) is 2.99. The highest BCUT2D eigenvalue weighted by molar-refractivity contribution is 6.46. The van der Waals surface area contributed by atoms with Crippen molar-refractivity contribution in [2.45, 2.75) is 6.92 Å². The van der Waals surface area contributed by atoms with Gasteiger partial charge in [-0.05, 0) is 48.9 Å². The first-order valence-corrected chi connectivity index (χ1v) is 9.73. The number of carbonyl (C=O) groups excluding carboxylic acids is 2. The normalized spacial score (nSPS) is 13.7. The summed E-state index contributed by atoms with van der Waals surface area (Å²) in [5.41, 5.74) is 0.131. The van der Waals surface area contributed by atoms with Crippen molar-refractivity contribution in [3.8, 4) is 5.75 Å². The molecule has 0 bridgehead atoms. The molecule has 1 aliphatic heterocycles. The number of hydrogen-bond donors (Lipinski definition) is 1. The molecule has 3 aromatic carbocycles. The lowest BCUT2D eigenvalue weighted by Crippen LogP contribution is -2.33. The Balaban J connectivity index is 1.81. The number of nitrogens with zero attached hydrogens (tertiary/aromatic N) is 1. The number of benzene rings is 3. The third-order valence-electron chi connectivity index (χ3n) is 4.78. The summed E-state index contributed by atoms with van der Waals surface area (Å²) in [4.78, 5) is 27.1. The Labute approximate surface area is 181 Å². The van der Waals surface area contributed by atoms with Gasteiger partial charge in [0, 0.05) is 17.8 Å². The number of imide groups is 1. The first-order valence-electron chi connectivity index (χ1n) is 9.73. The first kappa shape index (κ1) is 21.2. The molecule has 2 amide bonds. The van der Waals surface area contributed by atoms with Crippen LogP contribution in [-0.2, 0) is 9.59 Å². The molecule has 0 fully saturated rings. The molecule has 8 heteroatoms. The Morgan fingerprint density at radius 1 is 0.875 bits per heavy atom. The average molecular weight is 438 g/mol. The van der Waals surface area contributed by atoms with E-state index in [1.807, 2.05) is 6.92 Å². The van der Waals surface area contributed by atoms with Crippen LogP contribution in [0.15, 0.2) is 72.4 Å². The minimum Gasteiger partial charge on any atom is -0.494 e. The predicted octanol–water partition coefficient (Wildman–Crippen LogP) is 4.90. The van der Waals surface area contributed by atoms with Crippen LogP contribution in [0.4, 0.5) is 24.5 Å². The minimum atomic E-state index is -1.07. The standard InChI is InChI=1S/C24H17F3N2O3/c1-2-32-18-5-3-4-17(13-18)28-22-21(14-6-8-15(25)9-7-14)23(30)29(24(22)31)20-11-10-16(26)12-19(20)27/h3-13,28H,2H2,1H3.